The fraction of sp³-hybridized carbons (Fsp3) is 0.583. The number of carbonyl (C=O) groups is 1. The van der Waals surface area contributed by atoms with Gasteiger partial charge in [-0.15, -0.1) is 0 Å². The number of aromatic nitrogens is 1. The molecule has 0 bridgehead atoms. The van der Waals surface area contributed by atoms with Crippen LogP contribution < -0.4 is 0 Å². The number of rotatable bonds is 3. The van der Waals surface area contributed by atoms with Gasteiger partial charge in [-0.2, -0.15) is 0 Å². The number of nitrogens with zero attached hydrogens (tertiary/aromatic N) is 1. The Labute approximate surface area is 171 Å². The first-order valence-electron chi connectivity index (χ1n) is 10.7. The van der Waals surface area contributed by atoms with E-state index in [1.165, 1.54) is 11.1 Å². The van der Waals surface area contributed by atoms with Crippen LogP contribution in [0.15, 0.2) is 47.5 Å². The fourth-order valence-corrected chi connectivity index (χ4v) is 6.35. The van der Waals surface area contributed by atoms with Crippen molar-refractivity contribution in [1.82, 2.24) is 4.98 Å². The molecule has 3 aliphatic carbocycles. The second kappa shape index (κ2) is 7.06. The Morgan fingerprint density at radius 2 is 2.24 bits per heavy atom. The van der Waals surface area contributed by atoms with E-state index in [-0.39, 0.29) is 41.8 Å². The van der Waals surface area contributed by atoms with Crippen molar-refractivity contribution in [3.63, 3.8) is 0 Å². The molecule has 2 heterocycles. The maximum absolute atomic E-state index is 12.6. The zero-order valence-electron chi connectivity index (χ0n) is 17.1. The summed E-state index contributed by atoms with van der Waals surface area (Å²) in [7, 11) is 1.81. The SMILES string of the molecule is CO[C@@H]1C[C@H]2[C@@H]3OC4=C(C=C3CC[C@]2(C)[C@H]1c1cccnc1)C(=O)CC(CO)C4. The number of aliphatic hydroxyl groups excluding tert-OH is 1. The molecule has 5 rings (SSSR count). The summed E-state index contributed by atoms with van der Waals surface area (Å²) in [6.07, 6.45) is 10.0. The Kier molecular flexibility index (Phi) is 4.63. The molecule has 5 heteroatoms. The van der Waals surface area contributed by atoms with E-state index < -0.39 is 0 Å². The lowest BCUT2D eigenvalue weighted by atomic mass is 9.61. The number of Topliss-reactive ketones (excluding diaryl/α,β-unsaturated/α-hetero) is 1. The van der Waals surface area contributed by atoms with Crippen LogP contribution in [0.5, 0.6) is 0 Å². The van der Waals surface area contributed by atoms with E-state index in [0.29, 0.717) is 18.8 Å². The molecule has 1 aromatic heterocycles. The van der Waals surface area contributed by atoms with Crippen LogP contribution in [0.25, 0.3) is 0 Å². The molecule has 0 aromatic carbocycles. The molecular formula is C24H29NO4. The van der Waals surface area contributed by atoms with E-state index in [0.717, 1.165) is 30.6 Å². The van der Waals surface area contributed by atoms with Gasteiger partial charge in [-0.05, 0) is 53.9 Å². The van der Waals surface area contributed by atoms with Crippen LogP contribution >= 0.6 is 0 Å². The highest BCUT2D eigenvalue weighted by Gasteiger charge is 2.59. The molecule has 0 amide bonds. The first-order valence-corrected chi connectivity index (χ1v) is 10.7. The minimum atomic E-state index is -0.0235. The highest BCUT2D eigenvalue weighted by Crippen LogP contribution is 2.62. The van der Waals surface area contributed by atoms with E-state index in [1.54, 1.807) is 7.11 Å². The monoisotopic (exact) mass is 395 g/mol. The maximum atomic E-state index is 12.6. The average molecular weight is 395 g/mol. The number of aliphatic hydroxyl groups is 1. The molecule has 2 fully saturated rings. The smallest absolute Gasteiger partial charge is 0.166 e. The van der Waals surface area contributed by atoms with Crippen LogP contribution in [-0.2, 0) is 14.3 Å². The number of pyridine rings is 1. The third-order valence-electron chi connectivity index (χ3n) is 7.85. The van der Waals surface area contributed by atoms with Gasteiger partial charge in [0.1, 0.15) is 11.9 Å². The van der Waals surface area contributed by atoms with Crippen molar-refractivity contribution in [3.05, 3.63) is 53.1 Å². The molecule has 154 valence electrons. The van der Waals surface area contributed by atoms with Crippen LogP contribution in [0.3, 0.4) is 0 Å². The Bertz CT molecular complexity index is 876. The van der Waals surface area contributed by atoms with Gasteiger partial charge in [-0.25, -0.2) is 0 Å². The molecule has 1 N–H and O–H groups in total. The van der Waals surface area contributed by atoms with Crippen molar-refractivity contribution in [2.24, 2.45) is 17.3 Å². The largest absolute Gasteiger partial charge is 0.489 e. The van der Waals surface area contributed by atoms with Crippen molar-refractivity contribution in [3.8, 4) is 0 Å². The zero-order valence-corrected chi connectivity index (χ0v) is 17.1. The molecule has 0 radical (unpaired) electrons. The van der Waals surface area contributed by atoms with E-state index in [4.69, 9.17) is 9.47 Å². The van der Waals surface area contributed by atoms with E-state index in [2.05, 4.69) is 24.1 Å². The second-order valence-electron chi connectivity index (χ2n) is 9.36. The molecule has 4 aliphatic rings. The normalized spacial score (nSPS) is 38.7. The Hall–Kier alpha value is -1.98. The molecular weight excluding hydrogens is 366 g/mol. The molecule has 0 spiro atoms. The Morgan fingerprint density at radius 1 is 1.38 bits per heavy atom. The van der Waals surface area contributed by atoms with Crippen LogP contribution in [-0.4, -0.2) is 41.8 Å². The first-order chi connectivity index (χ1) is 14.0. The average Bonchev–Trinajstić information content (AvgIpc) is 3.06. The Balaban J connectivity index is 1.50. The number of ketones is 1. The van der Waals surface area contributed by atoms with Crippen molar-refractivity contribution in [2.45, 2.75) is 57.2 Å². The minimum absolute atomic E-state index is 0.00272. The van der Waals surface area contributed by atoms with Crippen LogP contribution in [0.1, 0.15) is 50.5 Å². The highest BCUT2D eigenvalue weighted by molar-refractivity contribution is 5.99. The fourth-order valence-electron chi connectivity index (χ4n) is 6.35. The summed E-state index contributed by atoms with van der Waals surface area (Å²) in [6, 6.07) is 4.17. The van der Waals surface area contributed by atoms with Crippen molar-refractivity contribution < 1.29 is 19.4 Å². The Morgan fingerprint density at radius 3 is 2.97 bits per heavy atom. The van der Waals surface area contributed by atoms with E-state index in [9.17, 15) is 9.90 Å². The van der Waals surface area contributed by atoms with Crippen molar-refractivity contribution >= 4 is 5.78 Å². The number of carbonyl (C=O) groups excluding carboxylic acids is 1. The summed E-state index contributed by atoms with van der Waals surface area (Å²) in [5.74, 6) is 1.49. The summed E-state index contributed by atoms with van der Waals surface area (Å²) in [5.41, 5.74) is 3.29. The highest BCUT2D eigenvalue weighted by atomic mass is 16.5. The number of allylic oxidation sites excluding steroid dienone is 3. The summed E-state index contributed by atoms with van der Waals surface area (Å²) in [6.45, 7) is 2.41. The lowest BCUT2D eigenvalue weighted by molar-refractivity contribution is -0.118. The number of hydrogen-bond acceptors (Lipinski definition) is 5. The topological polar surface area (TPSA) is 68.7 Å². The molecule has 5 nitrogen and oxygen atoms in total. The summed E-state index contributed by atoms with van der Waals surface area (Å²) in [4.78, 5) is 16.9. The molecule has 0 saturated heterocycles. The predicted octanol–water partition coefficient (Wildman–Crippen LogP) is 3.55. The minimum Gasteiger partial charge on any atom is -0.489 e. The van der Waals surface area contributed by atoms with Gasteiger partial charge in [0.05, 0.1) is 11.7 Å². The van der Waals surface area contributed by atoms with Gasteiger partial charge < -0.3 is 14.6 Å². The number of methoxy groups -OCH3 is 1. The third kappa shape index (κ3) is 2.89. The van der Waals surface area contributed by atoms with Crippen LogP contribution in [0.4, 0.5) is 0 Å². The van der Waals surface area contributed by atoms with E-state index in [1.807, 2.05) is 18.5 Å². The second-order valence-corrected chi connectivity index (χ2v) is 9.36. The lowest BCUT2D eigenvalue weighted by Crippen LogP contribution is -2.44. The summed E-state index contributed by atoms with van der Waals surface area (Å²) < 4.78 is 12.5. The summed E-state index contributed by atoms with van der Waals surface area (Å²) >= 11 is 0. The van der Waals surface area contributed by atoms with Crippen LogP contribution in [0, 0.1) is 17.3 Å². The van der Waals surface area contributed by atoms with Gasteiger partial charge in [0.2, 0.25) is 0 Å². The van der Waals surface area contributed by atoms with Gasteiger partial charge in [0, 0.05) is 50.8 Å². The van der Waals surface area contributed by atoms with Crippen LogP contribution in [0.2, 0.25) is 0 Å². The molecule has 2 saturated carbocycles. The molecule has 29 heavy (non-hydrogen) atoms. The quantitative estimate of drug-likeness (QED) is 0.848. The summed E-state index contributed by atoms with van der Waals surface area (Å²) in [5, 5.41) is 9.58. The number of ether oxygens (including phenoxy) is 2. The molecule has 1 aromatic rings. The van der Waals surface area contributed by atoms with Gasteiger partial charge in [-0.1, -0.05) is 13.0 Å². The number of hydrogen-bond donors (Lipinski definition) is 1. The van der Waals surface area contributed by atoms with E-state index >= 15 is 0 Å². The maximum Gasteiger partial charge on any atom is 0.166 e. The molecule has 1 aliphatic heterocycles. The number of fused-ring (bicyclic) bond motifs is 3. The molecule has 1 unspecified atom stereocenters. The van der Waals surface area contributed by atoms with Gasteiger partial charge >= 0.3 is 0 Å². The van der Waals surface area contributed by atoms with Gasteiger partial charge in [0.25, 0.3) is 0 Å². The van der Waals surface area contributed by atoms with Gasteiger partial charge in [0.15, 0.2) is 5.78 Å². The standard InChI is InChI=1S/C24H29NO4/c1-24-6-5-15-10-17-19(27)8-14(13-26)9-20(17)29-23(15)18(24)11-21(28-2)22(24)16-4-3-7-25-12-16/h3-4,7,10,12,14,18,21-23,26H,5-6,8-9,11,13H2,1-2H3/t14?,18-,21+,22-,23+,24-/m0/s1. The first kappa shape index (κ1) is 19.0. The van der Waals surface area contributed by atoms with Gasteiger partial charge in [-0.3, -0.25) is 9.78 Å². The predicted molar refractivity (Wildman–Crippen MR) is 108 cm³/mol. The third-order valence-corrected chi connectivity index (χ3v) is 7.85. The van der Waals surface area contributed by atoms with Crippen molar-refractivity contribution in [2.75, 3.05) is 13.7 Å². The van der Waals surface area contributed by atoms with Crippen molar-refractivity contribution in [1.29, 1.82) is 0 Å². The zero-order chi connectivity index (χ0) is 20.2. The lowest BCUT2D eigenvalue weighted by Gasteiger charge is -2.48. The molecule has 6 atom stereocenters.